The Kier molecular flexibility index (Phi) is 6.83. The molecule has 0 heterocycles. The molecule has 0 saturated carbocycles. The van der Waals surface area contributed by atoms with E-state index in [1.807, 2.05) is 31.2 Å². The summed E-state index contributed by atoms with van der Waals surface area (Å²) in [5, 5.41) is 22.8. The Hall–Kier alpha value is -3.02. The third kappa shape index (κ3) is 5.84. The van der Waals surface area contributed by atoms with Crippen LogP contribution in [-0.4, -0.2) is 28.9 Å². The maximum Gasteiger partial charge on any atom is 0.240 e. The number of benzene rings is 2. The number of nitrogens with zero attached hydrogens (tertiary/aromatic N) is 1. The molecule has 1 amide bonds. The lowest BCUT2D eigenvalue weighted by atomic mass is 10.1. The highest BCUT2D eigenvalue weighted by Crippen LogP contribution is 2.26. The van der Waals surface area contributed by atoms with E-state index in [-0.39, 0.29) is 17.4 Å². The molecule has 0 aliphatic rings. The van der Waals surface area contributed by atoms with Crippen molar-refractivity contribution < 1.29 is 19.7 Å². The number of aryl methyl sites for hydroxylation is 1. The second-order valence-corrected chi connectivity index (χ2v) is 5.44. The topological polar surface area (TPSA) is 91.2 Å². The summed E-state index contributed by atoms with van der Waals surface area (Å²) in [5.74, 6) is 0.136. The molecule has 2 rings (SSSR count). The summed E-state index contributed by atoms with van der Waals surface area (Å²) < 4.78 is 5.39. The normalized spacial score (nSPS) is 10.8. The Labute approximate surface area is 146 Å². The maximum atomic E-state index is 11.8. The molecule has 2 aromatic rings. The van der Waals surface area contributed by atoms with Crippen molar-refractivity contribution in [2.45, 2.75) is 26.2 Å². The number of hydrogen-bond donors (Lipinski definition) is 3. The Morgan fingerprint density at radius 1 is 1.20 bits per heavy atom. The number of para-hydroxylation sites is 1. The number of carbonyl (C=O) groups excluding carboxylic acids is 1. The fourth-order valence-corrected chi connectivity index (χ4v) is 2.25. The van der Waals surface area contributed by atoms with Crippen LogP contribution in [0.4, 0.5) is 0 Å². The molecular weight excluding hydrogens is 320 g/mol. The molecule has 0 unspecified atom stereocenters. The van der Waals surface area contributed by atoms with E-state index in [0.29, 0.717) is 25.0 Å². The lowest BCUT2D eigenvalue weighted by Gasteiger charge is -2.05. The molecule has 2 aromatic carbocycles. The van der Waals surface area contributed by atoms with E-state index in [1.54, 1.807) is 12.1 Å². The molecule has 0 aliphatic carbocycles. The summed E-state index contributed by atoms with van der Waals surface area (Å²) in [6, 6.07) is 12.4. The number of rotatable bonds is 8. The van der Waals surface area contributed by atoms with Crippen LogP contribution in [0, 0.1) is 0 Å². The first-order valence-electron chi connectivity index (χ1n) is 8.14. The zero-order valence-corrected chi connectivity index (χ0v) is 14.1. The van der Waals surface area contributed by atoms with Crippen molar-refractivity contribution in [1.29, 1.82) is 0 Å². The van der Waals surface area contributed by atoms with E-state index in [1.165, 1.54) is 12.3 Å². The SMILES string of the molecule is CCOc1ccc(CCCC(=O)N/N=C/c2cccc(O)c2O)cc1. The highest BCUT2D eigenvalue weighted by atomic mass is 16.5. The van der Waals surface area contributed by atoms with Gasteiger partial charge in [0.25, 0.3) is 0 Å². The van der Waals surface area contributed by atoms with Crippen LogP contribution >= 0.6 is 0 Å². The predicted molar refractivity (Wildman–Crippen MR) is 96.1 cm³/mol. The van der Waals surface area contributed by atoms with Crippen molar-refractivity contribution in [2.75, 3.05) is 6.61 Å². The molecule has 0 atom stereocenters. The second kappa shape index (κ2) is 9.32. The van der Waals surface area contributed by atoms with Crippen molar-refractivity contribution >= 4 is 12.1 Å². The van der Waals surface area contributed by atoms with Crippen LogP contribution in [0.25, 0.3) is 0 Å². The molecule has 132 valence electrons. The number of carbonyl (C=O) groups is 1. The van der Waals surface area contributed by atoms with Crippen LogP contribution in [0.3, 0.4) is 0 Å². The van der Waals surface area contributed by atoms with Crippen molar-refractivity contribution in [3.63, 3.8) is 0 Å². The first kappa shape index (κ1) is 18.3. The first-order valence-corrected chi connectivity index (χ1v) is 8.14. The van der Waals surface area contributed by atoms with Crippen LogP contribution in [0.1, 0.15) is 30.9 Å². The second-order valence-electron chi connectivity index (χ2n) is 5.44. The molecule has 6 nitrogen and oxygen atoms in total. The predicted octanol–water partition coefficient (Wildman–Crippen LogP) is 2.97. The fraction of sp³-hybridized carbons (Fsp3) is 0.263. The summed E-state index contributed by atoms with van der Waals surface area (Å²) in [4.78, 5) is 11.8. The van der Waals surface area contributed by atoms with Crippen LogP contribution in [0.15, 0.2) is 47.6 Å². The van der Waals surface area contributed by atoms with E-state index in [0.717, 1.165) is 17.7 Å². The quantitative estimate of drug-likeness (QED) is 0.391. The minimum atomic E-state index is -0.268. The highest BCUT2D eigenvalue weighted by molar-refractivity contribution is 5.86. The average molecular weight is 342 g/mol. The lowest BCUT2D eigenvalue weighted by molar-refractivity contribution is -0.121. The average Bonchev–Trinajstić information content (AvgIpc) is 2.60. The van der Waals surface area contributed by atoms with Crippen molar-refractivity contribution in [2.24, 2.45) is 5.10 Å². The van der Waals surface area contributed by atoms with Crippen molar-refractivity contribution in [3.05, 3.63) is 53.6 Å². The molecule has 0 aromatic heterocycles. The molecular formula is C19H22N2O4. The lowest BCUT2D eigenvalue weighted by Crippen LogP contribution is -2.17. The van der Waals surface area contributed by atoms with Gasteiger partial charge in [-0.1, -0.05) is 18.2 Å². The molecule has 0 saturated heterocycles. The molecule has 3 N–H and O–H groups in total. The van der Waals surface area contributed by atoms with Crippen LogP contribution in [0.2, 0.25) is 0 Å². The number of nitrogens with one attached hydrogen (secondary N) is 1. The number of hydrazone groups is 1. The monoisotopic (exact) mass is 342 g/mol. The number of aromatic hydroxyl groups is 2. The zero-order chi connectivity index (χ0) is 18.1. The minimum Gasteiger partial charge on any atom is -0.504 e. The van der Waals surface area contributed by atoms with Gasteiger partial charge in [-0.3, -0.25) is 4.79 Å². The Bertz CT molecular complexity index is 727. The first-order chi connectivity index (χ1) is 12.1. The standard InChI is InChI=1S/C19H22N2O4/c1-2-25-16-11-9-14(10-12-16)5-3-8-18(23)21-20-13-15-6-4-7-17(22)19(15)24/h4,6-7,9-13,22,24H,2-3,5,8H2,1H3,(H,21,23)/b20-13+. The van der Waals surface area contributed by atoms with Crippen molar-refractivity contribution in [3.8, 4) is 17.2 Å². The third-order valence-corrected chi connectivity index (χ3v) is 3.54. The fourth-order valence-electron chi connectivity index (χ4n) is 2.25. The number of hydrogen-bond acceptors (Lipinski definition) is 5. The van der Waals surface area contributed by atoms with Gasteiger partial charge in [-0.2, -0.15) is 5.10 Å². The van der Waals surface area contributed by atoms with E-state index in [2.05, 4.69) is 10.5 Å². The van der Waals surface area contributed by atoms with E-state index < -0.39 is 0 Å². The number of phenols is 2. The summed E-state index contributed by atoms with van der Waals surface area (Å²) in [7, 11) is 0. The summed E-state index contributed by atoms with van der Waals surface area (Å²) in [5.41, 5.74) is 3.88. The Morgan fingerprint density at radius 3 is 2.68 bits per heavy atom. The zero-order valence-electron chi connectivity index (χ0n) is 14.1. The molecule has 0 bridgehead atoms. The van der Waals surface area contributed by atoms with Gasteiger partial charge in [0.2, 0.25) is 5.91 Å². The van der Waals surface area contributed by atoms with Crippen LogP contribution < -0.4 is 10.2 Å². The summed E-state index contributed by atoms with van der Waals surface area (Å²) >= 11 is 0. The van der Waals surface area contributed by atoms with Gasteiger partial charge in [-0.05, 0) is 49.6 Å². The Balaban J connectivity index is 1.73. The van der Waals surface area contributed by atoms with Crippen LogP contribution in [0.5, 0.6) is 17.2 Å². The maximum absolute atomic E-state index is 11.8. The van der Waals surface area contributed by atoms with Gasteiger partial charge in [0, 0.05) is 12.0 Å². The van der Waals surface area contributed by atoms with Gasteiger partial charge in [0.05, 0.1) is 12.8 Å². The van der Waals surface area contributed by atoms with Gasteiger partial charge >= 0.3 is 0 Å². The van der Waals surface area contributed by atoms with E-state index in [9.17, 15) is 15.0 Å². The van der Waals surface area contributed by atoms with Gasteiger partial charge in [0.1, 0.15) is 5.75 Å². The smallest absolute Gasteiger partial charge is 0.240 e. The summed E-state index contributed by atoms with van der Waals surface area (Å²) in [6.07, 6.45) is 3.12. The number of amides is 1. The van der Waals surface area contributed by atoms with Gasteiger partial charge < -0.3 is 14.9 Å². The summed E-state index contributed by atoms with van der Waals surface area (Å²) in [6.45, 7) is 2.58. The number of ether oxygens (including phenoxy) is 1. The van der Waals surface area contributed by atoms with E-state index in [4.69, 9.17) is 4.74 Å². The van der Waals surface area contributed by atoms with E-state index >= 15 is 0 Å². The molecule has 0 aliphatic heterocycles. The molecule has 0 spiro atoms. The van der Waals surface area contributed by atoms with Crippen molar-refractivity contribution in [1.82, 2.24) is 5.43 Å². The highest BCUT2D eigenvalue weighted by Gasteiger charge is 2.04. The largest absolute Gasteiger partial charge is 0.504 e. The molecule has 0 radical (unpaired) electrons. The molecule has 6 heteroatoms. The minimum absolute atomic E-state index is 0.207. The molecule has 25 heavy (non-hydrogen) atoms. The van der Waals surface area contributed by atoms with Gasteiger partial charge in [-0.15, -0.1) is 0 Å². The Morgan fingerprint density at radius 2 is 1.96 bits per heavy atom. The van der Waals surface area contributed by atoms with Gasteiger partial charge in [-0.25, -0.2) is 5.43 Å². The van der Waals surface area contributed by atoms with Gasteiger partial charge in [0.15, 0.2) is 11.5 Å². The molecule has 0 fully saturated rings. The third-order valence-electron chi connectivity index (χ3n) is 3.54. The number of phenolic OH excluding ortho intramolecular Hbond substituents is 2. The van der Waals surface area contributed by atoms with Crippen LogP contribution in [-0.2, 0) is 11.2 Å².